The van der Waals surface area contributed by atoms with Crippen LogP contribution in [0.25, 0.3) is 83.4 Å². The molecule has 0 amide bonds. The number of likely N-dealkylation sites (tertiary alicyclic amines) is 2. The second-order valence-corrected chi connectivity index (χ2v) is 23.2. The lowest BCUT2D eigenvalue weighted by atomic mass is 9.90. The molecule has 0 saturated carbocycles. The number of rotatable bonds is 9. The van der Waals surface area contributed by atoms with Gasteiger partial charge in [-0.05, 0) is 173 Å². The van der Waals surface area contributed by atoms with E-state index in [4.69, 9.17) is 20.1 Å². The zero-order valence-corrected chi connectivity index (χ0v) is 49.1. The number of piperidine rings is 3. The zero-order chi connectivity index (χ0) is 59.0. The summed E-state index contributed by atoms with van der Waals surface area (Å²) in [6.07, 6.45) is 18.1. The third-order valence-electron chi connectivity index (χ3n) is 17.8. The summed E-state index contributed by atoms with van der Waals surface area (Å²) in [6.45, 7) is 10.5. The van der Waals surface area contributed by atoms with E-state index < -0.39 is 0 Å². The standard InChI is InChI=1S/C23H25N5O2.C23H25N5O.C21H21N5O/c1-26-21-4-2-17(12-19(21)14-24-26)20-13-23(30)28-15-18(3-5-22(28)25-20)16-6-8-27(9-7-16)10-11-29;1-3-27-10-8-16(9-11-27)18-5-7-22-25-20(13-23(29)28(22)15-18)17-4-6-21-19(12-17)14-24-26(21)2;1-25-12-17-10-15(2-4-18(17)24-25)19-11-21(27)26-13-16(3-5-20(26)23-19)14-6-8-22-9-7-14/h2-5,12-16,29H,6-11H2,1H3;4-7,12-16H,3,8-11H2,1-2H3;2-5,10-14,22H,6-9H2,1H3. The number of aliphatic hydroxyl groups excluding tert-OH is 1. The van der Waals surface area contributed by atoms with Crippen molar-refractivity contribution >= 4 is 49.7 Å². The largest absolute Gasteiger partial charge is 0.395 e. The maximum Gasteiger partial charge on any atom is 0.258 e. The number of β-amino-alcohol motifs (C(OH)–C–C–N with tert-alkyl or cyclic N) is 1. The molecule has 3 aromatic carbocycles. The normalized spacial score (nSPS) is 15.9. The molecular weight excluding hydrogens is 1080 g/mol. The Labute approximate surface area is 496 Å². The van der Waals surface area contributed by atoms with Gasteiger partial charge in [0.15, 0.2) is 0 Å². The van der Waals surface area contributed by atoms with Crippen LogP contribution in [0.3, 0.4) is 0 Å². The molecule has 3 saturated heterocycles. The SMILES string of the molecule is CCN1CCC(c2ccc3nc(-c4ccc5c(cnn5C)c4)cc(=O)n3c2)CC1.Cn1cc2cc(-c3cc(=O)n4cc(C5CCNCC5)ccc4n3)ccc2n1.Cn1ncc2cc(-c3cc(=O)n4cc(C5CCN(CCO)CC5)ccc4n3)ccc21. The molecule has 12 heterocycles. The predicted molar refractivity (Wildman–Crippen MR) is 338 cm³/mol. The molecule has 0 unspecified atom stereocenters. The molecule has 15 rings (SSSR count). The fourth-order valence-electron chi connectivity index (χ4n) is 12.8. The van der Waals surface area contributed by atoms with Crippen LogP contribution < -0.4 is 22.0 Å². The first-order valence-electron chi connectivity index (χ1n) is 30.1. The Morgan fingerprint density at radius 2 is 0.907 bits per heavy atom. The Balaban J connectivity index is 0.000000120. The third-order valence-corrected chi connectivity index (χ3v) is 17.8. The van der Waals surface area contributed by atoms with Crippen molar-refractivity contribution in [2.45, 2.75) is 63.2 Å². The molecule has 19 nitrogen and oxygen atoms in total. The quantitative estimate of drug-likeness (QED) is 0.140. The van der Waals surface area contributed by atoms with E-state index in [9.17, 15) is 14.4 Å². The summed E-state index contributed by atoms with van der Waals surface area (Å²) in [4.78, 5) is 57.5. The van der Waals surface area contributed by atoms with Gasteiger partial charge in [-0.3, -0.25) is 41.6 Å². The molecule has 86 heavy (non-hydrogen) atoms. The van der Waals surface area contributed by atoms with Gasteiger partial charge in [-0.15, -0.1) is 0 Å². The third kappa shape index (κ3) is 11.6. The van der Waals surface area contributed by atoms with Crippen LogP contribution in [0.1, 0.15) is 79.9 Å². The van der Waals surface area contributed by atoms with Crippen molar-refractivity contribution in [3.05, 3.63) is 194 Å². The maximum absolute atomic E-state index is 12.9. The number of pyridine rings is 3. The molecule has 12 aromatic rings. The molecule has 0 radical (unpaired) electrons. The second kappa shape index (κ2) is 24.2. The van der Waals surface area contributed by atoms with E-state index in [0.29, 0.717) is 51.8 Å². The average molecular weight is 1150 g/mol. The van der Waals surface area contributed by atoms with Gasteiger partial charge in [0.25, 0.3) is 16.7 Å². The first-order chi connectivity index (χ1) is 41.9. The van der Waals surface area contributed by atoms with Gasteiger partial charge in [0, 0.05) is 104 Å². The Kier molecular flexibility index (Phi) is 15.8. The molecule has 9 aromatic heterocycles. The number of benzene rings is 3. The summed E-state index contributed by atoms with van der Waals surface area (Å²) in [6, 6.07) is 35.2. The molecule has 2 N–H and O–H groups in total. The summed E-state index contributed by atoms with van der Waals surface area (Å²) in [5.41, 5.74) is 13.4. The van der Waals surface area contributed by atoms with Crippen molar-refractivity contribution in [1.29, 1.82) is 0 Å². The van der Waals surface area contributed by atoms with Crippen molar-refractivity contribution < 1.29 is 5.11 Å². The number of nitrogens with zero attached hydrogens (tertiary/aromatic N) is 14. The van der Waals surface area contributed by atoms with Crippen LogP contribution >= 0.6 is 0 Å². The van der Waals surface area contributed by atoms with Crippen molar-refractivity contribution in [2.75, 3.05) is 59.0 Å². The minimum Gasteiger partial charge on any atom is -0.395 e. The second-order valence-electron chi connectivity index (χ2n) is 23.2. The lowest BCUT2D eigenvalue weighted by Crippen LogP contribution is -2.35. The number of aromatic nitrogens is 12. The van der Waals surface area contributed by atoms with Crippen molar-refractivity contribution in [3.8, 4) is 33.8 Å². The van der Waals surface area contributed by atoms with Crippen LogP contribution in [0, 0.1) is 0 Å². The number of fused-ring (bicyclic) bond motifs is 6. The van der Waals surface area contributed by atoms with Crippen LogP contribution in [-0.2, 0) is 21.1 Å². The lowest BCUT2D eigenvalue weighted by molar-refractivity contribution is 0.164. The van der Waals surface area contributed by atoms with Gasteiger partial charge in [-0.1, -0.05) is 43.3 Å². The maximum atomic E-state index is 12.9. The number of hydrogen-bond acceptors (Lipinski definition) is 13. The van der Waals surface area contributed by atoms with Crippen molar-refractivity contribution in [2.24, 2.45) is 21.1 Å². The summed E-state index contributed by atoms with van der Waals surface area (Å²) in [5.74, 6) is 1.46. The number of aliphatic hydroxyl groups is 1. The van der Waals surface area contributed by atoms with Crippen LogP contribution in [0.15, 0.2) is 161 Å². The Morgan fingerprint density at radius 3 is 1.35 bits per heavy atom. The first-order valence-corrected chi connectivity index (χ1v) is 30.1. The van der Waals surface area contributed by atoms with Gasteiger partial charge in [0.2, 0.25) is 0 Å². The van der Waals surface area contributed by atoms with Gasteiger partial charge in [-0.2, -0.15) is 15.3 Å². The van der Waals surface area contributed by atoms with Crippen LogP contribution in [0.4, 0.5) is 0 Å². The van der Waals surface area contributed by atoms with Gasteiger partial charge in [0.05, 0.1) is 52.6 Å². The van der Waals surface area contributed by atoms with Crippen molar-refractivity contribution in [3.63, 3.8) is 0 Å². The molecule has 0 spiro atoms. The van der Waals surface area contributed by atoms with E-state index in [1.807, 2.05) is 140 Å². The molecule has 3 aliphatic heterocycles. The highest BCUT2D eigenvalue weighted by Crippen LogP contribution is 2.32. The van der Waals surface area contributed by atoms with Gasteiger partial charge in [-0.25, -0.2) is 15.0 Å². The lowest BCUT2D eigenvalue weighted by Gasteiger charge is -2.31. The number of aryl methyl sites for hydroxylation is 3. The van der Waals surface area contributed by atoms with Crippen LogP contribution in [0.2, 0.25) is 0 Å². The highest BCUT2D eigenvalue weighted by Gasteiger charge is 2.23. The monoisotopic (exact) mass is 1150 g/mol. The smallest absolute Gasteiger partial charge is 0.258 e. The first kappa shape index (κ1) is 56.1. The highest BCUT2D eigenvalue weighted by atomic mass is 16.3. The molecule has 3 aliphatic rings. The fraction of sp³-hybridized carbons (Fsp3) is 0.328. The van der Waals surface area contributed by atoms with Gasteiger partial charge >= 0.3 is 0 Å². The average Bonchev–Trinajstić information content (AvgIpc) is 2.30. The predicted octanol–water partition coefficient (Wildman–Crippen LogP) is 8.58. The Hall–Kier alpha value is -9.01. The molecule has 0 atom stereocenters. The number of nitrogens with one attached hydrogen (secondary N) is 1. The molecule has 19 heteroatoms. The fourth-order valence-corrected chi connectivity index (χ4v) is 12.8. The van der Waals surface area contributed by atoms with Gasteiger partial charge in [0.1, 0.15) is 16.9 Å². The van der Waals surface area contributed by atoms with Gasteiger partial charge < -0.3 is 20.2 Å². The Bertz CT molecular complexity index is 4650. The topological polar surface area (TPSA) is 195 Å². The summed E-state index contributed by atoms with van der Waals surface area (Å²) in [7, 11) is 5.74. The Morgan fingerprint density at radius 1 is 0.488 bits per heavy atom. The van der Waals surface area contributed by atoms with E-state index in [2.05, 4.69) is 55.5 Å². The minimum absolute atomic E-state index is 0.0378. The van der Waals surface area contributed by atoms with E-state index in [1.165, 1.54) is 16.7 Å². The van der Waals surface area contributed by atoms with E-state index in [-0.39, 0.29) is 23.3 Å². The minimum atomic E-state index is -0.0687. The van der Waals surface area contributed by atoms with E-state index in [0.717, 1.165) is 140 Å². The highest BCUT2D eigenvalue weighted by molar-refractivity contribution is 5.86. The molecule has 438 valence electrons. The molecule has 0 aliphatic carbocycles. The number of hydrogen-bond donors (Lipinski definition) is 2. The van der Waals surface area contributed by atoms with Crippen LogP contribution in [0.5, 0.6) is 0 Å². The molecule has 0 bridgehead atoms. The van der Waals surface area contributed by atoms with Crippen LogP contribution in [-0.4, -0.2) is 131 Å². The summed E-state index contributed by atoms with van der Waals surface area (Å²) in [5, 5.41) is 28.6. The zero-order valence-electron chi connectivity index (χ0n) is 49.1. The molecular formula is C67H71N15O4. The summed E-state index contributed by atoms with van der Waals surface area (Å²) >= 11 is 0. The molecule has 3 fully saturated rings. The van der Waals surface area contributed by atoms with Crippen molar-refractivity contribution in [1.82, 2.24) is 72.6 Å². The van der Waals surface area contributed by atoms with E-state index in [1.54, 1.807) is 36.1 Å². The van der Waals surface area contributed by atoms with E-state index >= 15 is 0 Å². The summed E-state index contributed by atoms with van der Waals surface area (Å²) < 4.78 is 10.5.